The predicted octanol–water partition coefficient (Wildman–Crippen LogP) is -0.762. The molecule has 6 nitrogen and oxygen atoms in total. The molecule has 0 bridgehead atoms. The quantitative estimate of drug-likeness (QED) is 0.553. The Labute approximate surface area is 120 Å². The van der Waals surface area contributed by atoms with Crippen LogP contribution in [-0.2, 0) is 16.0 Å². The molecular weight excluding hydrogens is 281 g/mol. The highest BCUT2D eigenvalue weighted by Crippen LogP contribution is 2.37. The summed E-state index contributed by atoms with van der Waals surface area (Å²) >= 11 is -1.31. The van der Waals surface area contributed by atoms with Crippen molar-refractivity contribution in [3.63, 3.8) is 0 Å². The lowest BCUT2D eigenvalue weighted by atomic mass is 9.78. The topological polar surface area (TPSA) is 93.1 Å². The van der Waals surface area contributed by atoms with E-state index in [0.717, 1.165) is 0 Å². The summed E-state index contributed by atoms with van der Waals surface area (Å²) < 4.78 is 17.2. The molecule has 108 valence electrons. The fourth-order valence-corrected chi connectivity index (χ4v) is 2.71. The maximum atomic E-state index is 12.2. The predicted molar refractivity (Wildman–Crippen MR) is 76.7 cm³/mol. The third-order valence-corrected chi connectivity index (χ3v) is 4.12. The molecule has 2 N–H and O–H groups in total. The van der Waals surface area contributed by atoms with Crippen LogP contribution in [-0.4, -0.2) is 46.5 Å². The summed E-state index contributed by atoms with van der Waals surface area (Å²) in [5.74, 6) is -0.0382. The van der Waals surface area contributed by atoms with Crippen molar-refractivity contribution >= 4 is 35.4 Å². The first-order valence-electron chi connectivity index (χ1n) is 6.00. The van der Waals surface area contributed by atoms with Crippen LogP contribution in [0, 0.1) is 0 Å². The molecule has 0 saturated carbocycles. The largest absolute Gasteiger partial charge is 0.612 e. The van der Waals surface area contributed by atoms with Gasteiger partial charge in [-0.05, 0) is 31.1 Å². The summed E-state index contributed by atoms with van der Waals surface area (Å²) in [5.41, 5.74) is -0.622. The molecule has 1 heterocycles. The Morgan fingerprint density at radius 2 is 2.00 bits per heavy atom. The van der Waals surface area contributed by atoms with E-state index in [9.17, 15) is 19.4 Å². The lowest BCUT2D eigenvalue weighted by molar-refractivity contribution is -0.132. The van der Waals surface area contributed by atoms with Gasteiger partial charge in [0.1, 0.15) is 12.0 Å². The highest BCUT2D eigenvalue weighted by atomic mass is 32.2. The van der Waals surface area contributed by atoms with Crippen LogP contribution in [0.1, 0.15) is 13.8 Å². The highest BCUT2D eigenvalue weighted by Gasteiger charge is 2.42. The van der Waals surface area contributed by atoms with Gasteiger partial charge in [0, 0.05) is 18.6 Å². The van der Waals surface area contributed by atoms with Crippen molar-refractivity contribution < 1.29 is 24.1 Å². The molecule has 0 fully saturated rings. The summed E-state index contributed by atoms with van der Waals surface area (Å²) in [6.45, 7) is 3.21. The second-order valence-corrected chi connectivity index (χ2v) is 6.54. The van der Waals surface area contributed by atoms with Crippen molar-refractivity contribution in [2.75, 3.05) is 18.2 Å². The third kappa shape index (κ3) is 2.40. The molecule has 1 unspecified atom stereocenters. The Morgan fingerprint density at radius 3 is 2.50 bits per heavy atom. The molecule has 1 aromatic carbocycles. The number of carbonyl (C=O) groups excluding carboxylic acids is 1. The molecule has 0 aliphatic carbocycles. The van der Waals surface area contributed by atoms with E-state index >= 15 is 0 Å². The van der Waals surface area contributed by atoms with E-state index in [4.69, 9.17) is 4.74 Å². The number of rotatable bonds is 2. The summed E-state index contributed by atoms with van der Waals surface area (Å²) in [6, 6.07) is 2.98. The van der Waals surface area contributed by atoms with Crippen LogP contribution in [0.5, 0.6) is 5.75 Å². The van der Waals surface area contributed by atoms with E-state index in [1.807, 2.05) is 0 Å². The van der Waals surface area contributed by atoms with Gasteiger partial charge in [0.15, 0.2) is 10.5 Å². The van der Waals surface area contributed by atoms with Crippen LogP contribution in [0.25, 0.3) is 0 Å². The van der Waals surface area contributed by atoms with Crippen molar-refractivity contribution in [2.45, 2.75) is 24.3 Å². The lowest BCUT2D eigenvalue weighted by Gasteiger charge is -2.38. The van der Waals surface area contributed by atoms with Crippen LogP contribution in [0.3, 0.4) is 0 Å². The highest BCUT2D eigenvalue weighted by molar-refractivity contribution is 7.90. The van der Waals surface area contributed by atoms with Gasteiger partial charge in [-0.15, -0.1) is 0 Å². The zero-order valence-electron chi connectivity index (χ0n) is 11.7. The number of anilines is 1. The van der Waals surface area contributed by atoms with E-state index in [1.165, 1.54) is 17.2 Å². The molecular formula is C12H16BNO5S. The molecule has 0 saturated heterocycles. The summed E-state index contributed by atoms with van der Waals surface area (Å²) in [5, 5.41) is 19.0. The van der Waals surface area contributed by atoms with Crippen LogP contribution < -0.4 is 15.1 Å². The SMILES string of the molecule is CN1C(=O)C(C)(C)Oc2c(B(O)O)cc([S+](C)[O-])cc21. The lowest BCUT2D eigenvalue weighted by Crippen LogP contribution is -2.53. The van der Waals surface area contributed by atoms with E-state index in [0.29, 0.717) is 10.6 Å². The second-order valence-electron chi connectivity index (χ2n) is 5.17. The van der Waals surface area contributed by atoms with Crippen LogP contribution in [0.4, 0.5) is 5.69 Å². The van der Waals surface area contributed by atoms with Gasteiger partial charge in [0.25, 0.3) is 5.91 Å². The Balaban J connectivity index is 2.69. The summed E-state index contributed by atoms with van der Waals surface area (Å²) in [6.07, 6.45) is 1.48. The fourth-order valence-electron chi connectivity index (χ4n) is 2.14. The van der Waals surface area contributed by atoms with Crippen LogP contribution >= 0.6 is 0 Å². The minimum atomic E-state index is -1.77. The molecule has 1 amide bonds. The molecule has 0 radical (unpaired) electrons. The molecule has 20 heavy (non-hydrogen) atoms. The number of nitrogens with zero attached hydrogens (tertiary/aromatic N) is 1. The summed E-state index contributed by atoms with van der Waals surface area (Å²) in [4.78, 5) is 13.9. The molecule has 1 aromatic rings. The van der Waals surface area contributed by atoms with Gasteiger partial charge >= 0.3 is 7.12 Å². The maximum absolute atomic E-state index is 12.2. The van der Waals surface area contributed by atoms with Gasteiger partial charge in [0.2, 0.25) is 0 Å². The number of likely N-dealkylation sites (N-methyl/N-ethyl adjacent to an activating group) is 1. The van der Waals surface area contributed by atoms with E-state index in [2.05, 4.69) is 0 Å². The Bertz CT molecular complexity index is 561. The normalized spacial score (nSPS) is 18.4. The van der Waals surface area contributed by atoms with Gasteiger partial charge in [0.05, 0.1) is 5.69 Å². The van der Waals surface area contributed by atoms with E-state index in [1.54, 1.807) is 27.0 Å². The average molecular weight is 297 g/mol. The number of carbonyl (C=O) groups is 1. The van der Waals surface area contributed by atoms with Crippen molar-refractivity contribution in [2.24, 2.45) is 0 Å². The number of hydrogen-bond donors (Lipinski definition) is 2. The minimum absolute atomic E-state index is 0.0973. The van der Waals surface area contributed by atoms with E-state index < -0.39 is 23.9 Å². The molecule has 1 atom stereocenters. The first-order valence-corrected chi connectivity index (χ1v) is 7.55. The Kier molecular flexibility index (Phi) is 3.76. The molecule has 0 spiro atoms. The smallest absolute Gasteiger partial charge is 0.492 e. The molecule has 1 aliphatic rings. The van der Waals surface area contributed by atoms with Crippen molar-refractivity contribution in [1.82, 2.24) is 0 Å². The average Bonchev–Trinajstić information content (AvgIpc) is 2.34. The molecule has 0 aromatic heterocycles. The number of fused-ring (bicyclic) bond motifs is 1. The second kappa shape index (κ2) is 4.96. The van der Waals surface area contributed by atoms with E-state index in [-0.39, 0.29) is 17.1 Å². The van der Waals surface area contributed by atoms with Crippen molar-refractivity contribution in [3.05, 3.63) is 12.1 Å². The van der Waals surface area contributed by atoms with Gasteiger partial charge in [-0.2, -0.15) is 0 Å². The molecule has 8 heteroatoms. The zero-order chi connectivity index (χ0) is 15.2. The zero-order valence-corrected chi connectivity index (χ0v) is 12.5. The van der Waals surface area contributed by atoms with Gasteiger partial charge < -0.3 is 24.2 Å². The number of amides is 1. The summed E-state index contributed by atoms with van der Waals surface area (Å²) in [7, 11) is -0.203. The Morgan fingerprint density at radius 1 is 1.40 bits per heavy atom. The first-order chi connectivity index (χ1) is 9.15. The number of ether oxygens (including phenoxy) is 1. The van der Waals surface area contributed by atoms with Gasteiger partial charge in [-0.1, -0.05) is 0 Å². The standard InChI is InChI=1S/C12H16BNO5S/c1-12(2)11(15)14(3)9-6-7(20(4)18)5-8(13(16)17)10(9)19-12/h5-6,16-17H,1-4H3. The van der Waals surface area contributed by atoms with Crippen LogP contribution in [0.15, 0.2) is 17.0 Å². The first kappa shape index (κ1) is 15.2. The van der Waals surface area contributed by atoms with Gasteiger partial charge in [-0.3, -0.25) is 4.79 Å². The monoisotopic (exact) mass is 297 g/mol. The number of hydrogen-bond acceptors (Lipinski definition) is 5. The Hall–Kier alpha value is -1.22. The minimum Gasteiger partial charge on any atom is -0.612 e. The van der Waals surface area contributed by atoms with Crippen molar-refractivity contribution in [3.8, 4) is 5.75 Å². The van der Waals surface area contributed by atoms with Gasteiger partial charge in [-0.25, -0.2) is 0 Å². The molecule has 2 rings (SSSR count). The number of benzene rings is 1. The van der Waals surface area contributed by atoms with Crippen LogP contribution in [0.2, 0.25) is 0 Å². The third-order valence-electron chi connectivity index (χ3n) is 3.22. The van der Waals surface area contributed by atoms with Crippen molar-refractivity contribution in [1.29, 1.82) is 0 Å². The molecule has 1 aliphatic heterocycles. The maximum Gasteiger partial charge on any atom is 0.492 e. The fraction of sp³-hybridized carbons (Fsp3) is 0.417.